The summed E-state index contributed by atoms with van der Waals surface area (Å²) in [7, 11) is 0. The van der Waals surface area contributed by atoms with Gasteiger partial charge in [0.1, 0.15) is 11.6 Å². The van der Waals surface area contributed by atoms with Gasteiger partial charge in [-0.25, -0.2) is 0 Å². The Bertz CT molecular complexity index is 929. The molecule has 0 saturated carbocycles. The first kappa shape index (κ1) is 28.4. The molecule has 2 atom stereocenters. The normalized spacial score (nSPS) is 19.0. The van der Waals surface area contributed by atoms with Crippen LogP contribution >= 0.6 is 0 Å². The number of nitriles is 1. The topological polar surface area (TPSA) is 64.4 Å². The van der Waals surface area contributed by atoms with E-state index in [1.807, 2.05) is 24.3 Å². The standard InChI is InChI=1S/C30H43N3O2/c1-6-10-12-24(8-3)21-32-18-16-26(17-19-32)14-15-27-23(5)28(20-31)30(35)33(29(27)34)22-25(9-4)13-11-7-2/h14-19,24-25H,6-13,21-22H2,1-5H3/b27-15-. The summed E-state index contributed by atoms with van der Waals surface area (Å²) >= 11 is 0. The first-order chi connectivity index (χ1) is 16.9. The van der Waals surface area contributed by atoms with Gasteiger partial charge in [-0.3, -0.25) is 14.5 Å². The van der Waals surface area contributed by atoms with Crippen LogP contribution < -0.4 is 0 Å². The number of carbonyl (C=O) groups excluding carboxylic acids is 2. The molecule has 0 fully saturated rings. The van der Waals surface area contributed by atoms with Crippen LogP contribution in [0.5, 0.6) is 0 Å². The van der Waals surface area contributed by atoms with Crippen molar-refractivity contribution in [3.05, 3.63) is 59.0 Å². The number of unbranched alkanes of at least 4 members (excludes halogenated alkanes) is 2. The minimum absolute atomic E-state index is 0.0678. The lowest BCUT2D eigenvalue weighted by Gasteiger charge is -2.30. The molecule has 190 valence electrons. The zero-order valence-corrected chi connectivity index (χ0v) is 22.3. The van der Waals surface area contributed by atoms with Gasteiger partial charge in [-0.15, -0.1) is 0 Å². The van der Waals surface area contributed by atoms with Gasteiger partial charge in [0, 0.05) is 31.1 Å². The third kappa shape index (κ3) is 7.82. The first-order valence-corrected chi connectivity index (χ1v) is 13.4. The number of imide groups is 1. The molecule has 0 N–H and O–H groups in total. The van der Waals surface area contributed by atoms with Gasteiger partial charge >= 0.3 is 0 Å². The fourth-order valence-corrected chi connectivity index (χ4v) is 4.59. The largest absolute Gasteiger partial charge is 0.354 e. The van der Waals surface area contributed by atoms with Crippen LogP contribution in [0.25, 0.3) is 0 Å². The van der Waals surface area contributed by atoms with Crippen LogP contribution in [0, 0.1) is 23.2 Å². The van der Waals surface area contributed by atoms with E-state index in [2.05, 4.69) is 45.0 Å². The fraction of sp³-hybridized carbons (Fsp3) is 0.567. The predicted molar refractivity (Wildman–Crippen MR) is 143 cm³/mol. The number of rotatable bonds is 13. The monoisotopic (exact) mass is 477 g/mol. The Morgan fingerprint density at radius 2 is 1.46 bits per heavy atom. The lowest BCUT2D eigenvalue weighted by molar-refractivity contribution is -0.141. The summed E-state index contributed by atoms with van der Waals surface area (Å²) in [5.74, 6) is 0.170. The number of hydrogen-bond donors (Lipinski definition) is 0. The highest BCUT2D eigenvalue weighted by molar-refractivity contribution is 6.18. The highest BCUT2D eigenvalue weighted by Gasteiger charge is 2.36. The van der Waals surface area contributed by atoms with E-state index < -0.39 is 5.91 Å². The maximum Gasteiger partial charge on any atom is 0.271 e. The summed E-state index contributed by atoms with van der Waals surface area (Å²) in [4.78, 5) is 29.8. The highest BCUT2D eigenvalue weighted by atomic mass is 16.2. The molecule has 0 radical (unpaired) electrons. The zero-order valence-electron chi connectivity index (χ0n) is 22.3. The van der Waals surface area contributed by atoms with Crippen LogP contribution in [0.2, 0.25) is 0 Å². The zero-order chi connectivity index (χ0) is 25.8. The molecule has 2 aliphatic rings. The summed E-state index contributed by atoms with van der Waals surface area (Å²) in [6.45, 7) is 11.8. The Kier molecular flexibility index (Phi) is 11.8. The van der Waals surface area contributed by atoms with E-state index in [1.54, 1.807) is 13.0 Å². The second-order valence-corrected chi connectivity index (χ2v) is 9.74. The molecule has 0 aromatic rings. The van der Waals surface area contributed by atoms with E-state index in [9.17, 15) is 14.9 Å². The van der Waals surface area contributed by atoms with Gasteiger partial charge in [0.05, 0.1) is 0 Å². The van der Waals surface area contributed by atoms with Crippen LogP contribution in [-0.2, 0) is 9.59 Å². The van der Waals surface area contributed by atoms with E-state index in [-0.39, 0.29) is 17.4 Å². The maximum atomic E-state index is 13.3. The predicted octanol–water partition coefficient (Wildman–Crippen LogP) is 6.82. The molecule has 0 aromatic heterocycles. The number of carbonyl (C=O) groups is 2. The van der Waals surface area contributed by atoms with Crippen molar-refractivity contribution in [3.63, 3.8) is 0 Å². The molecule has 2 rings (SSSR count). The SMILES string of the molecule is CCCCC(CC)CN1C=CC(=C/C=C2\C(=O)N(CC(CC)CCCC)C(=O)C(C#N)=C2C)C=C1. The number of hydrogen-bond acceptors (Lipinski definition) is 4. The maximum absolute atomic E-state index is 13.3. The lowest BCUT2D eigenvalue weighted by Crippen LogP contribution is -2.45. The quantitative estimate of drug-likeness (QED) is 0.215. The van der Waals surface area contributed by atoms with Gasteiger partial charge < -0.3 is 4.90 Å². The van der Waals surface area contributed by atoms with Crippen molar-refractivity contribution in [2.24, 2.45) is 11.8 Å². The lowest BCUT2D eigenvalue weighted by atomic mass is 9.92. The Balaban J connectivity index is 2.20. The molecule has 0 aliphatic carbocycles. The van der Waals surface area contributed by atoms with Gasteiger partial charge in [-0.2, -0.15) is 5.26 Å². The fourth-order valence-electron chi connectivity index (χ4n) is 4.59. The van der Waals surface area contributed by atoms with E-state index in [1.165, 1.54) is 30.6 Å². The van der Waals surface area contributed by atoms with Gasteiger partial charge in [0.15, 0.2) is 0 Å². The van der Waals surface area contributed by atoms with Gasteiger partial charge in [0.2, 0.25) is 0 Å². The van der Waals surface area contributed by atoms with E-state index >= 15 is 0 Å². The van der Waals surface area contributed by atoms with Crippen LogP contribution in [0.4, 0.5) is 0 Å². The van der Waals surface area contributed by atoms with Crippen LogP contribution in [-0.4, -0.2) is 34.7 Å². The Labute approximate surface area is 212 Å². The van der Waals surface area contributed by atoms with Crippen LogP contribution in [0.15, 0.2) is 59.0 Å². The molecular weight excluding hydrogens is 434 g/mol. The Morgan fingerprint density at radius 3 is 1.97 bits per heavy atom. The van der Waals surface area contributed by atoms with Crippen molar-refractivity contribution >= 4 is 11.8 Å². The first-order valence-electron chi connectivity index (χ1n) is 13.4. The minimum Gasteiger partial charge on any atom is -0.354 e. The molecule has 2 heterocycles. The summed E-state index contributed by atoms with van der Waals surface area (Å²) in [5, 5.41) is 9.64. The summed E-state index contributed by atoms with van der Waals surface area (Å²) in [6, 6.07) is 2.04. The van der Waals surface area contributed by atoms with E-state index in [0.29, 0.717) is 23.6 Å². The summed E-state index contributed by atoms with van der Waals surface area (Å²) in [6.07, 6.45) is 20.8. The minimum atomic E-state index is -0.462. The van der Waals surface area contributed by atoms with Gasteiger partial charge in [0.25, 0.3) is 11.8 Å². The van der Waals surface area contributed by atoms with Crippen molar-refractivity contribution < 1.29 is 9.59 Å². The molecule has 0 aromatic carbocycles. The Hall–Kier alpha value is -2.87. The van der Waals surface area contributed by atoms with E-state index in [4.69, 9.17) is 0 Å². The van der Waals surface area contributed by atoms with Crippen molar-refractivity contribution in [2.75, 3.05) is 13.1 Å². The second kappa shape index (κ2) is 14.5. The van der Waals surface area contributed by atoms with Crippen molar-refractivity contribution in [2.45, 2.75) is 86.0 Å². The van der Waals surface area contributed by atoms with Gasteiger partial charge in [-0.05, 0) is 61.0 Å². The summed E-state index contributed by atoms with van der Waals surface area (Å²) in [5.41, 5.74) is 1.93. The summed E-state index contributed by atoms with van der Waals surface area (Å²) < 4.78 is 0. The smallest absolute Gasteiger partial charge is 0.271 e. The molecular formula is C30H43N3O2. The van der Waals surface area contributed by atoms with Crippen LogP contribution in [0.1, 0.15) is 86.0 Å². The molecule has 2 aliphatic heterocycles. The molecule has 0 spiro atoms. The third-order valence-electron chi connectivity index (χ3n) is 7.18. The third-order valence-corrected chi connectivity index (χ3v) is 7.18. The molecule has 35 heavy (non-hydrogen) atoms. The van der Waals surface area contributed by atoms with Crippen LogP contribution in [0.3, 0.4) is 0 Å². The molecule has 5 nitrogen and oxygen atoms in total. The van der Waals surface area contributed by atoms with Gasteiger partial charge in [-0.1, -0.05) is 72.3 Å². The number of amides is 2. The number of allylic oxidation sites excluding steroid dienone is 5. The average Bonchev–Trinajstić information content (AvgIpc) is 2.87. The molecule has 5 heteroatoms. The molecule has 2 amide bonds. The highest BCUT2D eigenvalue weighted by Crippen LogP contribution is 2.28. The molecule has 0 bridgehead atoms. The molecule has 2 unspecified atom stereocenters. The second-order valence-electron chi connectivity index (χ2n) is 9.74. The number of nitrogens with zero attached hydrogens (tertiary/aromatic N) is 3. The van der Waals surface area contributed by atoms with Crippen molar-refractivity contribution in [1.82, 2.24) is 9.80 Å². The Morgan fingerprint density at radius 1 is 0.886 bits per heavy atom. The molecule has 0 saturated heterocycles. The van der Waals surface area contributed by atoms with E-state index in [0.717, 1.165) is 37.8 Å². The average molecular weight is 478 g/mol. The van der Waals surface area contributed by atoms with Crippen molar-refractivity contribution in [3.8, 4) is 6.07 Å². The van der Waals surface area contributed by atoms with Crippen molar-refractivity contribution in [1.29, 1.82) is 5.26 Å².